The van der Waals surface area contributed by atoms with Gasteiger partial charge in [0.05, 0.1) is 13.5 Å². The summed E-state index contributed by atoms with van der Waals surface area (Å²) in [7, 11) is 1.59. The molecule has 0 aromatic heterocycles. The van der Waals surface area contributed by atoms with E-state index < -0.39 is 6.10 Å². The fourth-order valence-corrected chi connectivity index (χ4v) is 4.12. The van der Waals surface area contributed by atoms with Gasteiger partial charge in [-0.15, -0.1) is 0 Å². The monoisotopic (exact) mass is 476 g/mol. The number of carbonyl (C=O) groups is 2. The Morgan fingerprint density at radius 2 is 1.91 bits per heavy atom. The lowest BCUT2D eigenvalue weighted by atomic mass is 10.1. The Morgan fingerprint density at radius 1 is 1.11 bits per heavy atom. The second-order valence-corrected chi connectivity index (χ2v) is 8.55. The first-order chi connectivity index (χ1) is 16.9. The molecule has 182 valence electrons. The van der Waals surface area contributed by atoms with Crippen molar-refractivity contribution in [2.24, 2.45) is 0 Å². The Kier molecular flexibility index (Phi) is 7.65. The molecule has 6 nitrogen and oxygen atoms in total. The van der Waals surface area contributed by atoms with E-state index in [1.54, 1.807) is 36.3 Å². The summed E-state index contributed by atoms with van der Waals surface area (Å²) in [4.78, 5) is 27.5. The highest BCUT2D eigenvalue weighted by atomic mass is 19.1. The molecule has 0 unspecified atom stereocenters. The smallest absolute Gasteiger partial charge is 0.263 e. The summed E-state index contributed by atoms with van der Waals surface area (Å²) in [5.74, 6) is 0.834. The summed E-state index contributed by atoms with van der Waals surface area (Å²) < 4.78 is 24.5. The number of anilines is 1. The molecular weight excluding hydrogens is 447 g/mol. The molecule has 1 aliphatic rings. The largest absolute Gasteiger partial charge is 0.497 e. The van der Waals surface area contributed by atoms with Crippen LogP contribution in [0.25, 0.3) is 0 Å². The number of carbonyl (C=O) groups excluding carboxylic acids is 2. The summed E-state index contributed by atoms with van der Waals surface area (Å²) in [6.07, 6.45) is 0.794. The quantitative estimate of drug-likeness (QED) is 0.509. The molecule has 4 rings (SSSR count). The van der Waals surface area contributed by atoms with E-state index in [9.17, 15) is 14.0 Å². The zero-order valence-electron chi connectivity index (χ0n) is 19.9. The Morgan fingerprint density at radius 3 is 2.66 bits per heavy atom. The lowest BCUT2D eigenvalue weighted by molar-refractivity contribution is -0.138. The van der Waals surface area contributed by atoms with Gasteiger partial charge in [0.25, 0.3) is 5.91 Å². The van der Waals surface area contributed by atoms with Gasteiger partial charge in [0.1, 0.15) is 17.3 Å². The number of methoxy groups -OCH3 is 1. The number of hydrogen-bond acceptors (Lipinski definition) is 4. The maximum Gasteiger partial charge on any atom is 0.263 e. The topological polar surface area (TPSA) is 67.9 Å². The van der Waals surface area contributed by atoms with Crippen LogP contribution in [0.3, 0.4) is 0 Å². The summed E-state index contributed by atoms with van der Waals surface area (Å²) >= 11 is 0. The van der Waals surface area contributed by atoms with Gasteiger partial charge < -0.3 is 19.7 Å². The number of halogens is 1. The van der Waals surface area contributed by atoms with Gasteiger partial charge in [-0.1, -0.05) is 31.2 Å². The lowest BCUT2D eigenvalue weighted by Gasteiger charge is -2.23. The van der Waals surface area contributed by atoms with Gasteiger partial charge >= 0.3 is 0 Å². The van der Waals surface area contributed by atoms with Gasteiger partial charge in [-0.2, -0.15) is 0 Å². The standard InChI is InChI=1S/C28H29FN2O4/c1-3-25-28(33)31(14-13-19-7-9-22(29)10-8-19)18-21-17-23(11-12-26(21)35-25)30-27(32)16-20-5-4-6-24(15-20)34-2/h4-12,15,17,25H,3,13-14,16,18H2,1-2H3,(H,30,32)/t25-/m0/s1. The van der Waals surface area contributed by atoms with Gasteiger partial charge in [0.15, 0.2) is 6.10 Å². The van der Waals surface area contributed by atoms with Crippen molar-refractivity contribution in [3.63, 3.8) is 0 Å². The third kappa shape index (κ3) is 6.18. The maximum absolute atomic E-state index is 13.2. The maximum atomic E-state index is 13.2. The van der Waals surface area contributed by atoms with Gasteiger partial charge in [-0.05, 0) is 66.4 Å². The van der Waals surface area contributed by atoms with Crippen molar-refractivity contribution in [1.82, 2.24) is 4.90 Å². The van der Waals surface area contributed by atoms with Crippen LogP contribution in [0.1, 0.15) is 30.0 Å². The van der Waals surface area contributed by atoms with E-state index in [4.69, 9.17) is 9.47 Å². The van der Waals surface area contributed by atoms with Crippen LogP contribution in [-0.2, 0) is 29.0 Å². The second kappa shape index (κ2) is 11.0. The number of rotatable bonds is 8. The molecule has 0 aliphatic carbocycles. The molecule has 0 bridgehead atoms. The van der Waals surface area contributed by atoms with Gasteiger partial charge in [0, 0.05) is 24.3 Å². The average molecular weight is 477 g/mol. The molecule has 1 N–H and O–H groups in total. The number of amides is 2. The molecular formula is C28H29FN2O4. The van der Waals surface area contributed by atoms with E-state index in [-0.39, 0.29) is 24.1 Å². The van der Waals surface area contributed by atoms with E-state index in [2.05, 4.69) is 5.32 Å². The van der Waals surface area contributed by atoms with Crippen LogP contribution < -0.4 is 14.8 Å². The molecule has 2 amide bonds. The number of hydrogen-bond donors (Lipinski definition) is 1. The number of fused-ring (bicyclic) bond motifs is 1. The van der Waals surface area contributed by atoms with Crippen molar-refractivity contribution >= 4 is 17.5 Å². The van der Waals surface area contributed by atoms with E-state index >= 15 is 0 Å². The van der Waals surface area contributed by atoms with Crippen LogP contribution in [0, 0.1) is 5.82 Å². The van der Waals surface area contributed by atoms with Crippen molar-refractivity contribution in [3.05, 3.63) is 89.2 Å². The van der Waals surface area contributed by atoms with E-state index in [1.807, 2.05) is 37.3 Å². The van der Waals surface area contributed by atoms with E-state index in [0.29, 0.717) is 43.1 Å². The van der Waals surface area contributed by atoms with Crippen LogP contribution >= 0.6 is 0 Å². The Labute approximate surface area is 204 Å². The van der Waals surface area contributed by atoms with Crippen LogP contribution in [0.2, 0.25) is 0 Å². The van der Waals surface area contributed by atoms with Crippen molar-refractivity contribution < 1.29 is 23.5 Å². The average Bonchev–Trinajstić information content (AvgIpc) is 2.99. The zero-order valence-corrected chi connectivity index (χ0v) is 19.9. The third-order valence-corrected chi connectivity index (χ3v) is 6.02. The molecule has 1 atom stereocenters. The van der Waals surface area contributed by atoms with E-state index in [0.717, 1.165) is 16.7 Å². The predicted molar refractivity (Wildman–Crippen MR) is 132 cm³/mol. The molecule has 0 saturated carbocycles. The van der Waals surface area contributed by atoms with Crippen molar-refractivity contribution in [2.45, 2.75) is 38.8 Å². The van der Waals surface area contributed by atoms with Crippen molar-refractivity contribution in [1.29, 1.82) is 0 Å². The number of benzene rings is 3. The first-order valence-corrected chi connectivity index (χ1v) is 11.7. The lowest BCUT2D eigenvalue weighted by Crippen LogP contribution is -2.40. The molecule has 3 aromatic carbocycles. The summed E-state index contributed by atoms with van der Waals surface area (Å²) in [5, 5.41) is 2.94. The Balaban J connectivity index is 1.47. The molecule has 0 fully saturated rings. The third-order valence-electron chi connectivity index (χ3n) is 6.02. The van der Waals surface area contributed by atoms with Crippen molar-refractivity contribution in [2.75, 3.05) is 19.0 Å². The van der Waals surface area contributed by atoms with Crippen LogP contribution in [0.4, 0.5) is 10.1 Å². The SMILES string of the molecule is CC[C@@H]1Oc2ccc(NC(=O)Cc3cccc(OC)c3)cc2CN(CCc2ccc(F)cc2)C1=O. The number of nitrogens with one attached hydrogen (secondary N) is 1. The predicted octanol–water partition coefficient (Wildman–Crippen LogP) is 4.76. The zero-order chi connectivity index (χ0) is 24.8. The molecule has 1 aliphatic heterocycles. The summed E-state index contributed by atoms with van der Waals surface area (Å²) in [5.41, 5.74) is 3.27. The summed E-state index contributed by atoms with van der Waals surface area (Å²) in [6.45, 7) is 2.76. The molecule has 0 saturated heterocycles. The van der Waals surface area contributed by atoms with Gasteiger partial charge in [-0.3, -0.25) is 9.59 Å². The Bertz CT molecular complexity index is 1200. The van der Waals surface area contributed by atoms with Gasteiger partial charge in [0.2, 0.25) is 5.91 Å². The van der Waals surface area contributed by atoms with Crippen LogP contribution in [-0.4, -0.2) is 36.5 Å². The first-order valence-electron chi connectivity index (χ1n) is 11.7. The van der Waals surface area contributed by atoms with Crippen LogP contribution in [0.5, 0.6) is 11.5 Å². The number of ether oxygens (including phenoxy) is 2. The minimum absolute atomic E-state index is 0.0746. The van der Waals surface area contributed by atoms with Crippen molar-refractivity contribution in [3.8, 4) is 11.5 Å². The molecule has 0 radical (unpaired) electrons. The number of nitrogens with zero attached hydrogens (tertiary/aromatic N) is 1. The normalized spacial score (nSPS) is 15.1. The molecule has 1 heterocycles. The first kappa shape index (κ1) is 24.3. The minimum Gasteiger partial charge on any atom is -0.497 e. The minimum atomic E-state index is -0.571. The second-order valence-electron chi connectivity index (χ2n) is 8.55. The molecule has 7 heteroatoms. The van der Waals surface area contributed by atoms with Crippen LogP contribution in [0.15, 0.2) is 66.7 Å². The highest BCUT2D eigenvalue weighted by molar-refractivity contribution is 5.92. The Hall–Kier alpha value is -3.87. The highest BCUT2D eigenvalue weighted by Crippen LogP contribution is 2.29. The highest BCUT2D eigenvalue weighted by Gasteiger charge is 2.29. The molecule has 3 aromatic rings. The molecule has 0 spiro atoms. The fraction of sp³-hybridized carbons (Fsp3) is 0.286. The fourth-order valence-electron chi connectivity index (χ4n) is 4.12. The van der Waals surface area contributed by atoms with E-state index in [1.165, 1.54) is 12.1 Å². The summed E-state index contributed by atoms with van der Waals surface area (Å²) in [6, 6.07) is 19.1. The molecule has 35 heavy (non-hydrogen) atoms. The van der Waals surface area contributed by atoms with Gasteiger partial charge in [-0.25, -0.2) is 4.39 Å².